The highest BCUT2D eigenvalue weighted by atomic mass is 16.3. The topological polar surface area (TPSA) is 173 Å². The summed E-state index contributed by atoms with van der Waals surface area (Å²) in [5, 5.41) is 47.6. The van der Waals surface area contributed by atoms with Gasteiger partial charge in [0.05, 0.1) is 11.3 Å². The number of phenolic OH excluding ortho intramolecular Hbond substituents is 1. The molecular weight excluding hydrogens is 490 g/mol. The molecule has 5 rings (SSSR count). The number of ketones is 2. The van der Waals surface area contributed by atoms with Crippen molar-refractivity contribution in [3.05, 3.63) is 39.9 Å². The molecule has 3 atom stereocenters. The lowest BCUT2D eigenvalue weighted by Gasteiger charge is -2.46. The summed E-state index contributed by atoms with van der Waals surface area (Å²) >= 11 is 0. The van der Waals surface area contributed by atoms with E-state index >= 15 is 0 Å². The molecular formula is C28H35N3O7. The number of nitrogens with zero attached hydrogens (tertiary/aromatic N) is 1. The van der Waals surface area contributed by atoms with Gasteiger partial charge < -0.3 is 36.4 Å². The maximum Gasteiger partial charge on any atom is 0.255 e. The first-order valence-electron chi connectivity index (χ1n) is 13.2. The Morgan fingerprint density at radius 2 is 1.82 bits per heavy atom. The number of aliphatic hydroxyl groups is 3. The molecule has 0 spiro atoms. The summed E-state index contributed by atoms with van der Waals surface area (Å²) in [6.45, 7) is 0.658. The van der Waals surface area contributed by atoms with Gasteiger partial charge in [-0.3, -0.25) is 14.4 Å². The number of hydrogen-bond donors (Lipinski definition) is 6. The second kappa shape index (κ2) is 9.34. The second-order valence-electron chi connectivity index (χ2n) is 11.3. The Labute approximate surface area is 220 Å². The third-order valence-corrected chi connectivity index (χ3v) is 8.83. The monoisotopic (exact) mass is 525 g/mol. The van der Waals surface area contributed by atoms with Crippen LogP contribution in [0.3, 0.4) is 0 Å². The molecule has 7 N–H and O–H groups in total. The molecule has 204 valence electrons. The molecule has 1 saturated carbocycles. The van der Waals surface area contributed by atoms with Crippen LogP contribution in [0.1, 0.15) is 60.9 Å². The molecule has 0 saturated heterocycles. The number of benzene rings is 1. The van der Waals surface area contributed by atoms with Crippen molar-refractivity contribution in [3.8, 4) is 5.75 Å². The van der Waals surface area contributed by atoms with Gasteiger partial charge in [0.1, 0.15) is 22.8 Å². The van der Waals surface area contributed by atoms with Crippen molar-refractivity contribution in [2.75, 3.05) is 30.9 Å². The Morgan fingerprint density at radius 1 is 1.13 bits per heavy atom. The smallest absolute Gasteiger partial charge is 0.255 e. The Balaban J connectivity index is 1.59. The first kappa shape index (κ1) is 26.1. The number of hydrogen-bond acceptors (Lipinski definition) is 9. The highest BCUT2D eigenvalue weighted by molar-refractivity contribution is 6.24. The van der Waals surface area contributed by atoms with E-state index in [1.165, 1.54) is 19.3 Å². The van der Waals surface area contributed by atoms with Crippen LogP contribution in [0.25, 0.3) is 0 Å². The molecule has 0 bridgehead atoms. The summed E-state index contributed by atoms with van der Waals surface area (Å²) < 4.78 is 0. The van der Waals surface area contributed by atoms with E-state index in [4.69, 9.17) is 5.73 Å². The van der Waals surface area contributed by atoms with Crippen molar-refractivity contribution in [1.82, 2.24) is 0 Å². The third kappa shape index (κ3) is 3.84. The zero-order valence-corrected chi connectivity index (χ0v) is 21.7. The molecule has 0 aliphatic heterocycles. The van der Waals surface area contributed by atoms with Crippen LogP contribution in [0.5, 0.6) is 5.75 Å². The predicted octanol–water partition coefficient (Wildman–Crippen LogP) is 2.64. The number of rotatable bonds is 5. The molecule has 4 aliphatic rings. The van der Waals surface area contributed by atoms with E-state index in [2.05, 4.69) is 5.32 Å². The molecule has 0 radical (unpaired) electrons. The van der Waals surface area contributed by atoms with Crippen LogP contribution in [0.4, 0.5) is 11.4 Å². The van der Waals surface area contributed by atoms with Crippen LogP contribution in [-0.2, 0) is 16.0 Å². The van der Waals surface area contributed by atoms with Gasteiger partial charge >= 0.3 is 0 Å². The Morgan fingerprint density at radius 3 is 2.45 bits per heavy atom. The van der Waals surface area contributed by atoms with Gasteiger partial charge in [-0.15, -0.1) is 0 Å². The van der Waals surface area contributed by atoms with E-state index in [-0.39, 0.29) is 36.1 Å². The van der Waals surface area contributed by atoms with E-state index in [1.54, 1.807) is 0 Å². The van der Waals surface area contributed by atoms with Crippen molar-refractivity contribution in [3.63, 3.8) is 0 Å². The average molecular weight is 526 g/mol. The van der Waals surface area contributed by atoms with Gasteiger partial charge in [0, 0.05) is 44.2 Å². The predicted molar refractivity (Wildman–Crippen MR) is 140 cm³/mol. The Hall–Kier alpha value is -3.53. The normalized spacial score (nSPS) is 27.6. The van der Waals surface area contributed by atoms with Crippen molar-refractivity contribution < 1.29 is 34.8 Å². The summed E-state index contributed by atoms with van der Waals surface area (Å²) in [5.74, 6) is -5.75. The number of aliphatic hydroxyl groups excluding tert-OH is 2. The Kier molecular flexibility index (Phi) is 6.41. The largest absolute Gasteiger partial charge is 0.511 e. The molecule has 1 aromatic rings. The number of phenols is 1. The highest BCUT2D eigenvalue weighted by Crippen LogP contribution is 2.53. The molecule has 0 heterocycles. The van der Waals surface area contributed by atoms with Crippen LogP contribution in [0.15, 0.2) is 28.7 Å². The van der Waals surface area contributed by atoms with Gasteiger partial charge in [-0.1, -0.05) is 19.3 Å². The zero-order chi connectivity index (χ0) is 27.5. The SMILES string of the molecule is CN(C)c1cc(NCC2CCCCC2)c(O)c2c1C[C@H]1C[C@H]3CC(O)=C(C(N)=O)C(=O)[C@@]3(O)C(O)=C1C2=O. The summed E-state index contributed by atoms with van der Waals surface area (Å²) in [5.41, 5.74) is 3.57. The van der Waals surface area contributed by atoms with E-state index in [0.717, 1.165) is 18.5 Å². The van der Waals surface area contributed by atoms with Crippen LogP contribution in [0.2, 0.25) is 0 Å². The fourth-order valence-corrected chi connectivity index (χ4v) is 6.85. The standard InChI is InChI=1S/C28H35N3O7/c1-31(2)18-11-17(30-12-13-6-4-3-5-7-13)23(33)21-16(18)9-14-8-15-10-19(32)22(27(29)37)26(36)28(15,38)25(35)20(14)24(21)34/h11,13-15,30,32-33,35,38H,3-10,12H2,1-2H3,(H2,29,37)/t14-,15+,28+/m1/s1. The zero-order valence-electron chi connectivity index (χ0n) is 21.7. The lowest BCUT2D eigenvalue weighted by atomic mass is 9.60. The maximum absolute atomic E-state index is 13.9. The average Bonchev–Trinajstić information content (AvgIpc) is 2.86. The first-order chi connectivity index (χ1) is 18.0. The number of Topliss-reactive ketones (excluding diaryl/α,β-unsaturated/α-hetero) is 2. The molecule has 0 unspecified atom stereocenters. The van der Waals surface area contributed by atoms with Gasteiger partial charge in [-0.25, -0.2) is 0 Å². The molecule has 1 aromatic carbocycles. The third-order valence-electron chi connectivity index (χ3n) is 8.83. The number of nitrogens with two attached hydrogens (primary N) is 1. The summed E-state index contributed by atoms with van der Waals surface area (Å²) in [7, 11) is 3.69. The molecule has 10 heteroatoms. The van der Waals surface area contributed by atoms with E-state index in [1.807, 2.05) is 25.1 Å². The first-order valence-corrected chi connectivity index (χ1v) is 13.2. The van der Waals surface area contributed by atoms with E-state index in [9.17, 15) is 34.8 Å². The van der Waals surface area contributed by atoms with Gasteiger partial charge in [0.25, 0.3) is 5.91 Å². The minimum absolute atomic E-state index is 0.0268. The number of aromatic hydroxyl groups is 1. The minimum atomic E-state index is -2.56. The number of fused-ring (bicyclic) bond motifs is 3. The molecule has 38 heavy (non-hydrogen) atoms. The summed E-state index contributed by atoms with van der Waals surface area (Å²) in [6.07, 6.45) is 5.92. The van der Waals surface area contributed by atoms with Crippen molar-refractivity contribution in [2.45, 2.75) is 57.0 Å². The molecule has 10 nitrogen and oxygen atoms in total. The van der Waals surface area contributed by atoms with Gasteiger partial charge in [-0.2, -0.15) is 0 Å². The molecule has 1 fully saturated rings. The summed E-state index contributed by atoms with van der Waals surface area (Å²) in [6, 6.07) is 1.83. The number of allylic oxidation sites excluding steroid dienone is 2. The number of nitrogens with one attached hydrogen (secondary N) is 1. The van der Waals surface area contributed by atoms with Crippen LogP contribution in [0, 0.1) is 17.8 Å². The van der Waals surface area contributed by atoms with Crippen molar-refractivity contribution >= 4 is 28.8 Å². The molecule has 0 aromatic heterocycles. The number of carbonyl (C=O) groups is 3. The minimum Gasteiger partial charge on any atom is -0.511 e. The second-order valence-corrected chi connectivity index (χ2v) is 11.3. The number of anilines is 2. The van der Waals surface area contributed by atoms with Crippen molar-refractivity contribution in [2.24, 2.45) is 23.5 Å². The van der Waals surface area contributed by atoms with Gasteiger partial charge in [0.15, 0.2) is 11.4 Å². The van der Waals surface area contributed by atoms with Crippen molar-refractivity contribution in [1.29, 1.82) is 0 Å². The fraction of sp³-hybridized carbons (Fsp3) is 0.536. The number of amides is 1. The lowest BCUT2D eigenvalue weighted by Crippen LogP contribution is -2.57. The highest BCUT2D eigenvalue weighted by Gasteiger charge is 2.59. The van der Waals surface area contributed by atoms with Crippen LogP contribution in [-0.4, -0.2) is 64.1 Å². The van der Waals surface area contributed by atoms with Gasteiger partial charge in [-0.05, 0) is 49.1 Å². The summed E-state index contributed by atoms with van der Waals surface area (Å²) in [4.78, 5) is 40.7. The van der Waals surface area contributed by atoms with E-state index in [0.29, 0.717) is 23.7 Å². The van der Waals surface area contributed by atoms with Crippen LogP contribution >= 0.6 is 0 Å². The fourth-order valence-electron chi connectivity index (χ4n) is 6.85. The number of carbonyl (C=O) groups excluding carboxylic acids is 3. The Bertz CT molecular complexity index is 1290. The van der Waals surface area contributed by atoms with Gasteiger partial charge in [0.2, 0.25) is 5.78 Å². The lowest BCUT2D eigenvalue weighted by molar-refractivity contribution is -0.144. The molecule has 1 amide bonds. The number of primary amides is 1. The quantitative estimate of drug-likeness (QED) is 0.249. The molecule has 4 aliphatic carbocycles. The van der Waals surface area contributed by atoms with E-state index < -0.39 is 52.0 Å². The maximum atomic E-state index is 13.9. The van der Waals surface area contributed by atoms with Crippen LogP contribution < -0.4 is 16.0 Å².